The van der Waals surface area contributed by atoms with Crippen molar-refractivity contribution in [1.29, 1.82) is 0 Å². The zero-order chi connectivity index (χ0) is 12.7. The first kappa shape index (κ1) is 10.9. The molecule has 0 amide bonds. The average Bonchev–Trinajstić information content (AvgIpc) is 2.89. The highest BCUT2D eigenvalue weighted by Crippen LogP contribution is 2.32. The summed E-state index contributed by atoms with van der Waals surface area (Å²) in [7, 11) is 1.54. The van der Waals surface area contributed by atoms with E-state index in [4.69, 9.17) is 0 Å². The Balaban J connectivity index is 2.12. The van der Waals surface area contributed by atoms with Gasteiger partial charge in [-0.1, -0.05) is 11.3 Å². The van der Waals surface area contributed by atoms with Crippen molar-refractivity contribution in [1.82, 2.24) is 9.55 Å². The summed E-state index contributed by atoms with van der Waals surface area (Å²) in [6.45, 7) is 0. The van der Waals surface area contributed by atoms with E-state index in [0.717, 1.165) is 22.5 Å². The van der Waals surface area contributed by atoms with Crippen LogP contribution in [0.2, 0.25) is 0 Å². The summed E-state index contributed by atoms with van der Waals surface area (Å²) in [4.78, 5) is 20.1. The van der Waals surface area contributed by atoms with Crippen molar-refractivity contribution in [3.63, 3.8) is 0 Å². The van der Waals surface area contributed by atoms with Crippen molar-refractivity contribution >= 4 is 35.0 Å². The summed E-state index contributed by atoms with van der Waals surface area (Å²) in [6, 6.07) is 3.73. The monoisotopic (exact) mass is 259 g/mol. The average molecular weight is 259 g/mol. The van der Waals surface area contributed by atoms with Gasteiger partial charge in [0.15, 0.2) is 5.82 Å². The Bertz CT molecular complexity index is 740. The van der Waals surface area contributed by atoms with E-state index >= 15 is 0 Å². The Labute approximate surface area is 106 Å². The maximum atomic E-state index is 11.4. The molecule has 0 unspecified atom stereocenters. The summed E-state index contributed by atoms with van der Waals surface area (Å²) < 4.78 is 1.22. The first-order valence-corrected chi connectivity index (χ1v) is 6.08. The molecule has 1 aliphatic heterocycles. The van der Waals surface area contributed by atoms with Crippen molar-refractivity contribution < 1.29 is 5.11 Å². The van der Waals surface area contributed by atoms with E-state index in [1.807, 2.05) is 12.1 Å². The Morgan fingerprint density at radius 1 is 1.50 bits per heavy atom. The predicted molar refractivity (Wildman–Crippen MR) is 71.5 cm³/mol. The molecule has 3 rings (SSSR count). The van der Waals surface area contributed by atoms with Crippen LogP contribution in [0.15, 0.2) is 28.1 Å². The van der Waals surface area contributed by atoms with Gasteiger partial charge < -0.3 is 5.11 Å². The molecule has 0 aromatic carbocycles. The lowest BCUT2D eigenvalue weighted by Crippen LogP contribution is -2.05. The molecule has 6 heteroatoms. The van der Waals surface area contributed by atoms with Crippen LogP contribution in [0, 0.1) is 0 Å². The molecule has 0 aliphatic carbocycles. The molecule has 5 nitrogen and oxygen atoms in total. The molecule has 0 bridgehead atoms. The maximum absolute atomic E-state index is 11.4. The van der Waals surface area contributed by atoms with E-state index < -0.39 is 0 Å². The molecule has 3 heterocycles. The Kier molecular flexibility index (Phi) is 2.38. The zero-order valence-electron chi connectivity index (χ0n) is 9.49. The fourth-order valence-corrected chi connectivity index (χ4v) is 2.56. The van der Waals surface area contributed by atoms with Gasteiger partial charge in [0.1, 0.15) is 0 Å². The van der Waals surface area contributed by atoms with Crippen molar-refractivity contribution in [2.75, 3.05) is 0 Å². The largest absolute Gasteiger partial charge is 0.493 e. The van der Waals surface area contributed by atoms with Gasteiger partial charge in [-0.15, -0.1) is 0 Å². The summed E-state index contributed by atoms with van der Waals surface area (Å²) in [5.41, 5.74) is 1.75. The number of nitrogens with zero attached hydrogens (tertiary/aromatic N) is 3. The third-order valence-corrected chi connectivity index (χ3v) is 3.69. The SMILES string of the molecule is Cn1c(O)c(/C=C2\C=Nc3ncccc32)sc1=O. The van der Waals surface area contributed by atoms with Gasteiger partial charge in [0.05, 0.1) is 4.88 Å². The second-order valence-electron chi connectivity index (χ2n) is 3.85. The molecule has 0 radical (unpaired) electrons. The van der Waals surface area contributed by atoms with Crippen molar-refractivity contribution in [3.05, 3.63) is 38.4 Å². The minimum Gasteiger partial charge on any atom is -0.493 e. The maximum Gasteiger partial charge on any atom is 0.310 e. The zero-order valence-corrected chi connectivity index (χ0v) is 10.3. The number of aliphatic imine (C=N–C) groups is 1. The number of rotatable bonds is 1. The summed E-state index contributed by atoms with van der Waals surface area (Å²) in [5.74, 6) is 0.634. The lowest BCUT2D eigenvalue weighted by atomic mass is 10.1. The van der Waals surface area contributed by atoms with Gasteiger partial charge >= 0.3 is 4.87 Å². The molecule has 90 valence electrons. The van der Waals surface area contributed by atoms with Crippen LogP contribution in [0.3, 0.4) is 0 Å². The standard InChI is InChI=1S/C12H9N3O2S/c1-15-11(16)9(18-12(15)17)5-7-6-14-10-8(7)3-2-4-13-10/h2-6,16H,1H3/b7-5+. The van der Waals surface area contributed by atoms with Crippen LogP contribution in [0.5, 0.6) is 5.88 Å². The number of thiazole rings is 1. The van der Waals surface area contributed by atoms with Gasteiger partial charge in [-0.3, -0.25) is 9.36 Å². The normalized spacial score (nSPS) is 15.3. The van der Waals surface area contributed by atoms with Gasteiger partial charge in [-0.05, 0) is 18.2 Å². The molecule has 0 fully saturated rings. The quantitative estimate of drug-likeness (QED) is 0.849. The van der Waals surface area contributed by atoms with E-state index in [2.05, 4.69) is 9.98 Å². The third kappa shape index (κ3) is 1.58. The highest BCUT2D eigenvalue weighted by molar-refractivity contribution is 7.10. The molecule has 2 aromatic rings. The second-order valence-corrected chi connectivity index (χ2v) is 4.84. The highest BCUT2D eigenvalue weighted by Gasteiger charge is 2.15. The van der Waals surface area contributed by atoms with Crippen molar-refractivity contribution in [3.8, 4) is 5.88 Å². The number of pyridine rings is 1. The predicted octanol–water partition coefficient (Wildman–Crippen LogP) is 1.80. The van der Waals surface area contributed by atoms with E-state index in [1.54, 1.807) is 18.5 Å². The second kappa shape index (κ2) is 3.92. The van der Waals surface area contributed by atoms with Crippen LogP contribution in [-0.4, -0.2) is 20.9 Å². The molecule has 0 spiro atoms. The van der Waals surface area contributed by atoms with E-state index in [9.17, 15) is 9.90 Å². The molecule has 1 N–H and O–H groups in total. The summed E-state index contributed by atoms with van der Waals surface area (Å²) in [6.07, 6.45) is 5.11. The number of hydrogen-bond acceptors (Lipinski definition) is 5. The number of aromatic nitrogens is 2. The van der Waals surface area contributed by atoms with Crippen LogP contribution in [0.4, 0.5) is 5.82 Å². The summed E-state index contributed by atoms with van der Waals surface area (Å²) in [5, 5.41) is 9.80. The van der Waals surface area contributed by atoms with E-state index in [-0.39, 0.29) is 10.8 Å². The van der Waals surface area contributed by atoms with Crippen LogP contribution >= 0.6 is 11.3 Å². The number of aromatic hydroxyl groups is 1. The summed E-state index contributed by atoms with van der Waals surface area (Å²) >= 11 is 1.00. The first-order valence-electron chi connectivity index (χ1n) is 5.27. The van der Waals surface area contributed by atoms with Crippen LogP contribution in [0.1, 0.15) is 10.4 Å². The van der Waals surface area contributed by atoms with Crippen molar-refractivity contribution in [2.45, 2.75) is 0 Å². The molecular weight excluding hydrogens is 250 g/mol. The molecule has 0 saturated heterocycles. The highest BCUT2D eigenvalue weighted by atomic mass is 32.1. The van der Waals surface area contributed by atoms with Gasteiger partial charge in [0, 0.05) is 30.6 Å². The van der Waals surface area contributed by atoms with E-state index in [1.165, 1.54) is 11.6 Å². The fourth-order valence-electron chi connectivity index (χ4n) is 1.74. The van der Waals surface area contributed by atoms with Gasteiger partial charge in [-0.25, -0.2) is 9.98 Å². The van der Waals surface area contributed by atoms with E-state index in [0.29, 0.717) is 10.7 Å². The molecule has 18 heavy (non-hydrogen) atoms. The molecule has 0 atom stereocenters. The first-order chi connectivity index (χ1) is 8.66. The lowest BCUT2D eigenvalue weighted by Gasteiger charge is -1.97. The van der Waals surface area contributed by atoms with Crippen LogP contribution in [-0.2, 0) is 7.05 Å². The van der Waals surface area contributed by atoms with Crippen molar-refractivity contribution in [2.24, 2.45) is 12.0 Å². The van der Waals surface area contributed by atoms with Gasteiger partial charge in [0.25, 0.3) is 0 Å². The Morgan fingerprint density at radius 2 is 2.33 bits per heavy atom. The number of allylic oxidation sites excluding steroid dienone is 1. The molecular formula is C12H9N3O2S. The Morgan fingerprint density at radius 3 is 3.06 bits per heavy atom. The minimum atomic E-state index is -0.194. The van der Waals surface area contributed by atoms with Gasteiger partial charge in [-0.2, -0.15) is 0 Å². The molecule has 1 aliphatic rings. The minimum absolute atomic E-state index is 0.0248. The van der Waals surface area contributed by atoms with Crippen LogP contribution in [0.25, 0.3) is 11.6 Å². The molecule has 2 aromatic heterocycles. The smallest absolute Gasteiger partial charge is 0.310 e. The molecule has 0 saturated carbocycles. The third-order valence-electron chi connectivity index (χ3n) is 2.72. The van der Waals surface area contributed by atoms with Crippen LogP contribution < -0.4 is 4.87 Å². The fraction of sp³-hybridized carbons (Fsp3) is 0.0833. The lowest BCUT2D eigenvalue weighted by molar-refractivity contribution is 0.428. The topological polar surface area (TPSA) is 67.5 Å². The van der Waals surface area contributed by atoms with Gasteiger partial charge in [0.2, 0.25) is 5.88 Å². The number of hydrogen-bond donors (Lipinski definition) is 1. The Hall–Kier alpha value is -2.21. The number of fused-ring (bicyclic) bond motifs is 1.